The van der Waals surface area contributed by atoms with Crippen LogP contribution in [0, 0.1) is 17.8 Å². The lowest BCUT2D eigenvalue weighted by Crippen LogP contribution is -2.30. The third-order valence-electron chi connectivity index (χ3n) is 5.41. The van der Waals surface area contributed by atoms with E-state index in [1.807, 2.05) is 0 Å². The predicted molar refractivity (Wildman–Crippen MR) is 76.7 cm³/mol. The number of fused-ring (bicyclic) bond motifs is 2. The van der Waals surface area contributed by atoms with E-state index in [4.69, 9.17) is 0 Å². The van der Waals surface area contributed by atoms with E-state index in [1.165, 1.54) is 64.6 Å². The Morgan fingerprint density at radius 2 is 1.94 bits per heavy atom. The largest absolute Gasteiger partial charge is 0.314 e. The van der Waals surface area contributed by atoms with E-state index in [9.17, 15) is 0 Å². The molecule has 2 heteroatoms. The van der Waals surface area contributed by atoms with Gasteiger partial charge >= 0.3 is 0 Å². The van der Waals surface area contributed by atoms with Gasteiger partial charge < -0.3 is 10.2 Å². The van der Waals surface area contributed by atoms with Gasteiger partial charge in [-0.25, -0.2) is 0 Å². The molecule has 3 saturated carbocycles. The van der Waals surface area contributed by atoms with E-state index in [-0.39, 0.29) is 0 Å². The summed E-state index contributed by atoms with van der Waals surface area (Å²) < 4.78 is 0. The molecule has 2 bridgehead atoms. The normalized spacial score (nSPS) is 34.7. The molecule has 104 valence electrons. The van der Waals surface area contributed by atoms with Crippen LogP contribution in [0.3, 0.4) is 0 Å². The smallest absolute Gasteiger partial charge is 0.00682 e. The van der Waals surface area contributed by atoms with Crippen molar-refractivity contribution in [3.05, 3.63) is 0 Å². The molecule has 2 nitrogen and oxygen atoms in total. The molecular formula is C16H30N2. The fraction of sp³-hybridized carbons (Fsp3) is 1.00. The molecule has 3 aliphatic carbocycles. The molecule has 3 rings (SSSR count). The summed E-state index contributed by atoms with van der Waals surface area (Å²) >= 11 is 0. The maximum atomic E-state index is 3.61. The molecule has 0 aliphatic heterocycles. The lowest BCUT2D eigenvalue weighted by atomic mass is 9.88. The van der Waals surface area contributed by atoms with Crippen molar-refractivity contribution >= 4 is 0 Å². The van der Waals surface area contributed by atoms with Crippen LogP contribution in [0.25, 0.3) is 0 Å². The van der Waals surface area contributed by atoms with Gasteiger partial charge in [0.05, 0.1) is 0 Å². The van der Waals surface area contributed by atoms with E-state index in [0.717, 1.165) is 23.8 Å². The van der Waals surface area contributed by atoms with Gasteiger partial charge in [-0.3, -0.25) is 0 Å². The van der Waals surface area contributed by atoms with Crippen molar-refractivity contribution in [1.29, 1.82) is 0 Å². The third kappa shape index (κ3) is 3.48. The van der Waals surface area contributed by atoms with Crippen molar-refractivity contribution in [2.45, 2.75) is 57.4 Å². The highest BCUT2D eigenvalue weighted by Crippen LogP contribution is 2.48. The first-order chi connectivity index (χ1) is 8.81. The minimum atomic E-state index is 0.886. The Hall–Kier alpha value is -0.0800. The van der Waals surface area contributed by atoms with Crippen molar-refractivity contribution in [3.8, 4) is 0 Å². The summed E-state index contributed by atoms with van der Waals surface area (Å²) in [6, 6.07) is 0.886. The number of hydrogen-bond acceptors (Lipinski definition) is 2. The second-order valence-corrected chi connectivity index (χ2v) is 7.13. The Morgan fingerprint density at radius 3 is 2.61 bits per heavy atom. The number of nitrogens with zero attached hydrogens (tertiary/aromatic N) is 1. The van der Waals surface area contributed by atoms with Crippen LogP contribution < -0.4 is 5.32 Å². The second-order valence-electron chi connectivity index (χ2n) is 7.13. The summed E-state index contributed by atoms with van der Waals surface area (Å²) in [6.45, 7) is 3.92. The highest BCUT2D eigenvalue weighted by atomic mass is 15.1. The Balaban J connectivity index is 1.24. The summed E-state index contributed by atoms with van der Waals surface area (Å²) in [4.78, 5) is 2.60. The second kappa shape index (κ2) is 5.92. The Morgan fingerprint density at radius 1 is 1.06 bits per heavy atom. The molecule has 0 saturated heterocycles. The van der Waals surface area contributed by atoms with Crippen molar-refractivity contribution in [2.24, 2.45) is 17.8 Å². The predicted octanol–water partition coefficient (Wildman–Crippen LogP) is 2.89. The summed E-state index contributed by atoms with van der Waals surface area (Å²) in [5.74, 6) is 3.24. The number of rotatable bonds is 8. The molecule has 3 aliphatic rings. The summed E-state index contributed by atoms with van der Waals surface area (Å²) in [5, 5.41) is 3.61. The van der Waals surface area contributed by atoms with Gasteiger partial charge in [0.2, 0.25) is 0 Å². The molecule has 3 unspecified atom stereocenters. The van der Waals surface area contributed by atoms with Crippen LogP contribution in [-0.4, -0.2) is 37.6 Å². The number of unbranched alkanes of at least 4 members (excludes halogenated alkanes) is 1. The van der Waals surface area contributed by atoms with E-state index in [1.54, 1.807) is 6.42 Å². The van der Waals surface area contributed by atoms with Crippen LogP contribution >= 0.6 is 0 Å². The molecule has 3 atom stereocenters. The van der Waals surface area contributed by atoms with E-state index in [0.29, 0.717) is 0 Å². The zero-order chi connectivity index (χ0) is 12.4. The number of hydrogen-bond donors (Lipinski definition) is 1. The molecule has 0 aromatic heterocycles. The van der Waals surface area contributed by atoms with Crippen LogP contribution in [0.5, 0.6) is 0 Å². The third-order valence-corrected chi connectivity index (χ3v) is 5.41. The first-order valence-corrected chi connectivity index (χ1v) is 8.23. The van der Waals surface area contributed by atoms with Gasteiger partial charge in [0.25, 0.3) is 0 Å². The Labute approximate surface area is 113 Å². The average molecular weight is 250 g/mol. The molecule has 0 aromatic rings. The van der Waals surface area contributed by atoms with E-state index >= 15 is 0 Å². The van der Waals surface area contributed by atoms with Crippen molar-refractivity contribution in [2.75, 3.05) is 26.7 Å². The van der Waals surface area contributed by atoms with Crippen LogP contribution in [-0.2, 0) is 0 Å². The van der Waals surface area contributed by atoms with E-state index < -0.39 is 0 Å². The van der Waals surface area contributed by atoms with Gasteiger partial charge in [-0.2, -0.15) is 0 Å². The minimum absolute atomic E-state index is 0.886. The number of nitrogens with one attached hydrogen (secondary N) is 1. The standard InChI is InChI=1S/C16H30N2/c1-18(9-3-2-8-17-16-6-7-16)12-15-11-13-4-5-14(15)10-13/h13-17H,2-12H2,1H3. The van der Waals surface area contributed by atoms with Crippen molar-refractivity contribution < 1.29 is 0 Å². The van der Waals surface area contributed by atoms with Gasteiger partial charge in [-0.15, -0.1) is 0 Å². The molecule has 0 amide bonds. The SMILES string of the molecule is CN(CCCCNC1CC1)CC1CC2CCC1C2. The zero-order valence-corrected chi connectivity index (χ0v) is 12.0. The quantitative estimate of drug-likeness (QED) is 0.666. The maximum Gasteiger partial charge on any atom is 0.00682 e. The molecule has 0 heterocycles. The fourth-order valence-electron chi connectivity index (χ4n) is 4.19. The Bertz CT molecular complexity index is 262. The van der Waals surface area contributed by atoms with E-state index in [2.05, 4.69) is 17.3 Å². The van der Waals surface area contributed by atoms with Gasteiger partial charge in [-0.05, 0) is 82.8 Å². The molecule has 3 fully saturated rings. The first kappa shape index (κ1) is 12.9. The molecule has 0 aromatic carbocycles. The maximum absolute atomic E-state index is 3.61. The lowest BCUT2D eigenvalue weighted by Gasteiger charge is -2.27. The average Bonchev–Trinajstić information content (AvgIpc) is 2.95. The topological polar surface area (TPSA) is 15.3 Å². The van der Waals surface area contributed by atoms with Crippen LogP contribution in [0.2, 0.25) is 0 Å². The highest BCUT2D eigenvalue weighted by Gasteiger charge is 2.39. The van der Waals surface area contributed by atoms with Gasteiger partial charge in [-0.1, -0.05) is 6.42 Å². The van der Waals surface area contributed by atoms with Gasteiger partial charge in [0.1, 0.15) is 0 Å². The molecule has 0 spiro atoms. The minimum Gasteiger partial charge on any atom is -0.314 e. The monoisotopic (exact) mass is 250 g/mol. The Kier molecular flexibility index (Phi) is 4.25. The van der Waals surface area contributed by atoms with Crippen molar-refractivity contribution in [1.82, 2.24) is 10.2 Å². The van der Waals surface area contributed by atoms with Crippen molar-refractivity contribution in [3.63, 3.8) is 0 Å². The zero-order valence-electron chi connectivity index (χ0n) is 12.0. The fourth-order valence-corrected chi connectivity index (χ4v) is 4.19. The van der Waals surface area contributed by atoms with Crippen LogP contribution in [0.4, 0.5) is 0 Å². The lowest BCUT2D eigenvalue weighted by molar-refractivity contribution is 0.217. The van der Waals surface area contributed by atoms with Crippen LogP contribution in [0.1, 0.15) is 51.4 Å². The van der Waals surface area contributed by atoms with Crippen LogP contribution in [0.15, 0.2) is 0 Å². The molecular weight excluding hydrogens is 220 g/mol. The van der Waals surface area contributed by atoms with Gasteiger partial charge in [0.15, 0.2) is 0 Å². The summed E-state index contributed by atoms with van der Waals surface area (Å²) in [6.07, 6.45) is 11.7. The molecule has 0 radical (unpaired) electrons. The first-order valence-electron chi connectivity index (χ1n) is 8.23. The highest BCUT2D eigenvalue weighted by molar-refractivity contribution is 4.90. The molecule has 1 N–H and O–H groups in total. The van der Waals surface area contributed by atoms with Gasteiger partial charge in [0, 0.05) is 12.6 Å². The molecule has 18 heavy (non-hydrogen) atoms. The summed E-state index contributed by atoms with van der Waals surface area (Å²) in [7, 11) is 2.33. The summed E-state index contributed by atoms with van der Waals surface area (Å²) in [5.41, 5.74) is 0.